The van der Waals surface area contributed by atoms with E-state index >= 15 is 0 Å². The highest BCUT2D eigenvalue weighted by Gasteiger charge is 2.15. The molecule has 0 spiro atoms. The highest BCUT2D eigenvalue weighted by Crippen LogP contribution is 2.10. The fourth-order valence-electron chi connectivity index (χ4n) is 2.12. The van der Waals surface area contributed by atoms with Crippen molar-refractivity contribution in [2.45, 2.75) is 13.8 Å². The van der Waals surface area contributed by atoms with Crippen molar-refractivity contribution >= 4 is 17.5 Å². The quantitative estimate of drug-likeness (QED) is 0.943. The predicted molar refractivity (Wildman–Crippen MR) is 87.9 cm³/mol. The number of benzene rings is 2. The van der Waals surface area contributed by atoms with E-state index in [9.17, 15) is 9.59 Å². The van der Waals surface area contributed by atoms with Crippen molar-refractivity contribution in [2.75, 3.05) is 18.9 Å². The van der Waals surface area contributed by atoms with Crippen molar-refractivity contribution < 1.29 is 9.59 Å². The van der Waals surface area contributed by atoms with Crippen LogP contribution >= 0.6 is 0 Å². The summed E-state index contributed by atoms with van der Waals surface area (Å²) in [5.41, 5.74) is 3.46. The lowest BCUT2D eigenvalue weighted by molar-refractivity contribution is -0.116. The maximum atomic E-state index is 12.3. The maximum absolute atomic E-state index is 12.3. The molecule has 1 N–H and O–H groups in total. The van der Waals surface area contributed by atoms with Crippen LogP contribution < -0.4 is 5.32 Å². The van der Waals surface area contributed by atoms with Crippen molar-refractivity contribution in [1.82, 2.24) is 4.90 Å². The van der Waals surface area contributed by atoms with E-state index in [0.717, 1.165) is 16.8 Å². The minimum Gasteiger partial charge on any atom is -0.332 e. The fourth-order valence-corrected chi connectivity index (χ4v) is 2.12. The number of amides is 2. The number of anilines is 1. The van der Waals surface area contributed by atoms with Gasteiger partial charge in [0, 0.05) is 18.3 Å². The first-order valence-electron chi connectivity index (χ1n) is 7.14. The van der Waals surface area contributed by atoms with Gasteiger partial charge in [-0.15, -0.1) is 0 Å². The van der Waals surface area contributed by atoms with E-state index in [2.05, 4.69) is 5.32 Å². The molecule has 0 aliphatic carbocycles. The zero-order valence-corrected chi connectivity index (χ0v) is 13.1. The van der Waals surface area contributed by atoms with E-state index in [1.165, 1.54) is 4.90 Å². The molecule has 2 aromatic carbocycles. The number of hydrogen-bond donors (Lipinski definition) is 1. The second-order valence-corrected chi connectivity index (χ2v) is 5.44. The summed E-state index contributed by atoms with van der Waals surface area (Å²) < 4.78 is 0. The second-order valence-electron chi connectivity index (χ2n) is 5.44. The molecular weight excluding hydrogens is 276 g/mol. The Hall–Kier alpha value is -2.62. The Labute approximate surface area is 130 Å². The van der Waals surface area contributed by atoms with Crippen molar-refractivity contribution in [1.29, 1.82) is 0 Å². The molecule has 0 heterocycles. The summed E-state index contributed by atoms with van der Waals surface area (Å²) in [5.74, 6) is -0.380. The van der Waals surface area contributed by atoms with Crippen LogP contribution in [0.15, 0.2) is 48.5 Å². The summed E-state index contributed by atoms with van der Waals surface area (Å²) in [6.07, 6.45) is 0. The van der Waals surface area contributed by atoms with E-state index in [1.807, 2.05) is 56.3 Å². The minimum absolute atomic E-state index is 0.0145. The van der Waals surface area contributed by atoms with Crippen LogP contribution in [0, 0.1) is 13.8 Å². The fraction of sp³-hybridized carbons (Fsp3) is 0.222. The Morgan fingerprint density at radius 3 is 2.32 bits per heavy atom. The molecule has 2 rings (SSSR count). The van der Waals surface area contributed by atoms with Crippen LogP contribution in [0.4, 0.5) is 5.69 Å². The summed E-state index contributed by atoms with van der Waals surface area (Å²) in [6.45, 7) is 3.93. The Kier molecular flexibility index (Phi) is 4.94. The number of nitrogens with one attached hydrogen (secondary N) is 1. The average molecular weight is 296 g/mol. The monoisotopic (exact) mass is 296 g/mol. The van der Waals surface area contributed by atoms with Crippen LogP contribution in [0.3, 0.4) is 0 Å². The molecule has 0 aromatic heterocycles. The number of carbonyl (C=O) groups excluding carboxylic acids is 2. The zero-order chi connectivity index (χ0) is 16.1. The summed E-state index contributed by atoms with van der Waals surface area (Å²) in [6, 6.07) is 14.9. The van der Waals surface area contributed by atoms with Gasteiger partial charge < -0.3 is 10.2 Å². The van der Waals surface area contributed by atoms with E-state index in [4.69, 9.17) is 0 Å². The summed E-state index contributed by atoms with van der Waals surface area (Å²) in [7, 11) is 1.62. The van der Waals surface area contributed by atoms with Gasteiger partial charge in [-0.1, -0.05) is 35.4 Å². The van der Waals surface area contributed by atoms with Crippen LogP contribution in [0.1, 0.15) is 21.5 Å². The lowest BCUT2D eigenvalue weighted by Gasteiger charge is -2.17. The van der Waals surface area contributed by atoms with E-state index in [-0.39, 0.29) is 18.4 Å². The maximum Gasteiger partial charge on any atom is 0.254 e. The summed E-state index contributed by atoms with van der Waals surface area (Å²) in [4.78, 5) is 25.7. The molecule has 0 radical (unpaired) electrons. The number of carbonyl (C=O) groups is 2. The number of nitrogens with zero attached hydrogens (tertiary/aromatic N) is 1. The molecular formula is C18H20N2O2. The van der Waals surface area contributed by atoms with Crippen molar-refractivity contribution in [3.63, 3.8) is 0 Å². The van der Waals surface area contributed by atoms with Crippen LogP contribution in [-0.4, -0.2) is 30.3 Å². The lowest BCUT2D eigenvalue weighted by atomic mass is 10.1. The molecule has 0 fully saturated rings. The Morgan fingerprint density at radius 2 is 1.68 bits per heavy atom. The lowest BCUT2D eigenvalue weighted by Crippen LogP contribution is -2.34. The van der Waals surface area contributed by atoms with Gasteiger partial charge in [0.2, 0.25) is 5.91 Å². The van der Waals surface area contributed by atoms with Crippen molar-refractivity contribution in [3.8, 4) is 0 Å². The molecule has 2 aromatic rings. The van der Waals surface area contributed by atoms with Crippen LogP contribution in [0.5, 0.6) is 0 Å². The number of rotatable bonds is 4. The van der Waals surface area contributed by atoms with E-state index in [1.54, 1.807) is 13.1 Å². The highest BCUT2D eigenvalue weighted by molar-refractivity contribution is 5.99. The topological polar surface area (TPSA) is 49.4 Å². The molecule has 0 saturated carbocycles. The van der Waals surface area contributed by atoms with Crippen molar-refractivity contribution in [2.24, 2.45) is 0 Å². The third kappa shape index (κ3) is 4.19. The number of likely N-dealkylation sites (N-methyl/N-ethyl adjacent to an activating group) is 1. The Balaban J connectivity index is 1.96. The Bertz CT molecular complexity index is 678. The molecule has 114 valence electrons. The van der Waals surface area contributed by atoms with Crippen LogP contribution in [0.2, 0.25) is 0 Å². The first-order chi connectivity index (χ1) is 10.5. The smallest absolute Gasteiger partial charge is 0.254 e. The molecule has 22 heavy (non-hydrogen) atoms. The average Bonchev–Trinajstić information content (AvgIpc) is 2.48. The van der Waals surface area contributed by atoms with Gasteiger partial charge in [0.05, 0.1) is 6.54 Å². The van der Waals surface area contributed by atoms with Gasteiger partial charge in [0.15, 0.2) is 0 Å². The first-order valence-corrected chi connectivity index (χ1v) is 7.14. The molecule has 0 aliphatic heterocycles. The normalized spacial score (nSPS) is 10.1. The van der Waals surface area contributed by atoms with Crippen molar-refractivity contribution in [3.05, 3.63) is 65.2 Å². The standard InChI is InChI=1S/C18H20N2O2/c1-13-7-9-16(10-8-13)19-17(21)12-20(3)18(22)15-6-4-5-14(2)11-15/h4-11H,12H2,1-3H3,(H,19,21). The molecule has 0 atom stereocenters. The van der Waals surface area contributed by atoms with Gasteiger partial charge in [-0.2, -0.15) is 0 Å². The molecule has 0 saturated heterocycles. The predicted octanol–water partition coefficient (Wildman–Crippen LogP) is 3.01. The van der Waals surface area contributed by atoms with Crippen LogP contribution in [-0.2, 0) is 4.79 Å². The van der Waals surface area contributed by atoms with Gasteiger partial charge in [-0.3, -0.25) is 9.59 Å². The zero-order valence-electron chi connectivity index (χ0n) is 13.1. The molecule has 4 nitrogen and oxygen atoms in total. The van der Waals surface area contributed by atoms with Gasteiger partial charge in [0.25, 0.3) is 5.91 Å². The SMILES string of the molecule is Cc1ccc(NC(=O)CN(C)C(=O)c2cccc(C)c2)cc1. The third-order valence-corrected chi connectivity index (χ3v) is 3.33. The summed E-state index contributed by atoms with van der Waals surface area (Å²) >= 11 is 0. The number of aryl methyl sites for hydroxylation is 2. The molecule has 4 heteroatoms. The highest BCUT2D eigenvalue weighted by atomic mass is 16.2. The van der Waals surface area contributed by atoms with Gasteiger partial charge >= 0.3 is 0 Å². The molecule has 0 unspecified atom stereocenters. The molecule has 0 bridgehead atoms. The number of hydrogen-bond acceptors (Lipinski definition) is 2. The van der Waals surface area contributed by atoms with Gasteiger partial charge in [-0.05, 0) is 38.1 Å². The second kappa shape index (κ2) is 6.89. The minimum atomic E-state index is -0.215. The summed E-state index contributed by atoms with van der Waals surface area (Å²) in [5, 5.41) is 2.78. The van der Waals surface area contributed by atoms with E-state index in [0.29, 0.717) is 5.56 Å². The largest absolute Gasteiger partial charge is 0.332 e. The molecule has 0 aliphatic rings. The molecule has 2 amide bonds. The first kappa shape index (κ1) is 15.8. The van der Waals surface area contributed by atoms with Crippen LogP contribution in [0.25, 0.3) is 0 Å². The van der Waals surface area contributed by atoms with Gasteiger partial charge in [-0.25, -0.2) is 0 Å². The van der Waals surface area contributed by atoms with E-state index < -0.39 is 0 Å². The van der Waals surface area contributed by atoms with Gasteiger partial charge in [0.1, 0.15) is 0 Å². The third-order valence-electron chi connectivity index (χ3n) is 3.33. The Morgan fingerprint density at radius 1 is 1.00 bits per heavy atom.